The van der Waals surface area contributed by atoms with E-state index in [4.69, 9.17) is 21.1 Å². The van der Waals surface area contributed by atoms with Crippen molar-refractivity contribution in [1.82, 2.24) is 4.90 Å². The highest BCUT2D eigenvalue weighted by Gasteiger charge is 2.41. The van der Waals surface area contributed by atoms with Gasteiger partial charge in [0.15, 0.2) is 0 Å². The number of hydrogen-bond donors (Lipinski definition) is 0. The van der Waals surface area contributed by atoms with Crippen LogP contribution in [-0.4, -0.2) is 31.6 Å². The maximum absolute atomic E-state index is 6.41. The Morgan fingerprint density at radius 3 is 2.70 bits per heavy atom. The Labute approximate surface area is 141 Å². The number of nitrogens with zero attached hydrogens (tertiary/aromatic N) is 1. The van der Waals surface area contributed by atoms with Crippen LogP contribution in [0.15, 0.2) is 42.5 Å². The third-order valence-electron chi connectivity index (χ3n) is 4.61. The minimum atomic E-state index is -0.00250. The first-order chi connectivity index (χ1) is 11.1. The summed E-state index contributed by atoms with van der Waals surface area (Å²) in [6, 6.07) is 14.1. The summed E-state index contributed by atoms with van der Waals surface area (Å²) in [5, 5.41) is 0.719. The van der Waals surface area contributed by atoms with Gasteiger partial charge >= 0.3 is 0 Å². The van der Waals surface area contributed by atoms with E-state index < -0.39 is 0 Å². The highest BCUT2D eigenvalue weighted by atomic mass is 35.5. The summed E-state index contributed by atoms with van der Waals surface area (Å²) in [6.45, 7) is 0.923. The Morgan fingerprint density at radius 1 is 1.09 bits per heavy atom. The van der Waals surface area contributed by atoms with Crippen molar-refractivity contribution in [1.29, 1.82) is 0 Å². The third-order valence-corrected chi connectivity index (χ3v) is 4.84. The number of ether oxygens (including phenoxy) is 2. The van der Waals surface area contributed by atoms with E-state index in [1.165, 1.54) is 5.56 Å². The summed E-state index contributed by atoms with van der Waals surface area (Å²) in [6.07, 6.45) is 1.21. The summed E-state index contributed by atoms with van der Waals surface area (Å²) in [4.78, 5) is 2.18. The molecule has 23 heavy (non-hydrogen) atoms. The van der Waals surface area contributed by atoms with Crippen molar-refractivity contribution in [3.8, 4) is 11.5 Å². The summed E-state index contributed by atoms with van der Waals surface area (Å²) in [5.74, 6) is 2.08. The highest BCUT2D eigenvalue weighted by Crippen LogP contribution is 2.53. The zero-order chi connectivity index (χ0) is 16.0. The Balaban J connectivity index is 1.80. The van der Waals surface area contributed by atoms with E-state index in [0.29, 0.717) is 5.92 Å². The van der Waals surface area contributed by atoms with Gasteiger partial charge in [0.25, 0.3) is 0 Å². The van der Waals surface area contributed by atoms with E-state index in [1.54, 1.807) is 0 Å². The van der Waals surface area contributed by atoms with Crippen molar-refractivity contribution in [3.63, 3.8) is 0 Å². The van der Waals surface area contributed by atoms with Crippen LogP contribution in [0.2, 0.25) is 5.02 Å². The molecule has 0 aliphatic carbocycles. The SMILES string of the molecule is CN(C)C[C@@H]1C[C@@H]2c3ccccc3Oc3ccc(Cl)cc3[C@H]2O1. The standard InChI is InChI=1S/C19H20ClNO2/c1-21(2)11-13-10-15-14-5-3-4-6-17(14)23-18-8-7-12(20)9-16(18)19(15)22-13/h3-9,13,15,19H,10-11H2,1-2H3/t13-,15+,19-/m0/s1. The minimum Gasteiger partial charge on any atom is -0.457 e. The van der Waals surface area contributed by atoms with Crippen LogP contribution in [-0.2, 0) is 4.74 Å². The maximum Gasteiger partial charge on any atom is 0.133 e. The van der Waals surface area contributed by atoms with Gasteiger partial charge < -0.3 is 14.4 Å². The molecule has 4 heteroatoms. The number of rotatable bonds is 2. The van der Waals surface area contributed by atoms with Crippen LogP contribution in [0.1, 0.15) is 29.6 Å². The first-order valence-corrected chi connectivity index (χ1v) is 8.36. The fraction of sp³-hybridized carbons (Fsp3) is 0.368. The van der Waals surface area contributed by atoms with Crippen LogP contribution in [0, 0.1) is 0 Å². The van der Waals surface area contributed by atoms with Gasteiger partial charge in [-0.2, -0.15) is 0 Å². The number of hydrogen-bond acceptors (Lipinski definition) is 3. The molecule has 0 aromatic heterocycles. The maximum atomic E-state index is 6.41. The second-order valence-electron chi connectivity index (χ2n) is 6.61. The van der Waals surface area contributed by atoms with Crippen LogP contribution in [0.25, 0.3) is 0 Å². The highest BCUT2D eigenvalue weighted by molar-refractivity contribution is 6.30. The van der Waals surface area contributed by atoms with Gasteiger partial charge in [-0.1, -0.05) is 29.8 Å². The Morgan fingerprint density at radius 2 is 1.87 bits per heavy atom. The van der Waals surface area contributed by atoms with E-state index in [2.05, 4.69) is 31.1 Å². The number of likely N-dealkylation sites (N-methyl/N-ethyl adjacent to an activating group) is 1. The van der Waals surface area contributed by atoms with E-state index in [1.807, 2.05) is 30.3 Å². The average molecular weight is 330 g/mol. The van der Waals surface area contributed by atoms with E-state index in [0.717, 1.165) is 35.1 Å². The lowest BCUT2D eigenvalue weighted by molar-refractivity contribution is 0.0271. The molecule has 3 atom stereocenters. The molecule has 0 amide bonds. The van der Waals surface area contributed by atoms with Crippen LogP contribution >= 0.6 is 11.6 Å². The van der Waals surface area contributed by atoms with Gasteiger partial charge in [-0.15, -0.1) is 0 Å². The number of fused-ring (bicyclic) bond motifs is 5. The molecule has 0 bridgehead atoms. The lowest BCUT2D eigenvalue weighted by Gasteiger charge is -2.19. The molecule has 4 rings (SSSR count). The molecular weight excluding hydrogens is 310 g/mol. The molecule has 0 saturated carbocycles. The summed E-state index contributed by atoms with van der Waals surface area (Å²) < 4.78 is 12.6. The normalized spacial score (nSPS) is 25.3. The lowest BCUT2D eigenvalue weighted by Crippen LogP contribution is -2.25. The van der Waals surface area contributed by atoms with Gasteiger partial charge in [0.2, 0.25) is 0 Å². The van der Waals surface area contributed by atoms with Crippen LogP contribution in [0.4, 0.5) is 0 Å². The molecule has 1 saturated heterocycles. The minimum absolute atomic E-state index is 0.00250. The van der Waals surface area contributed by atoms with Gasteiger partial charge in [-0.25, -0.2) is 0 Å². The van der Waals surface area contributed by atoms with E-state index in [-0.39, 0.29) is 12.2 Å². The average Bonchev–Trinajstić information content (AvgIpc) is 2.87. The van der Waals surface area contributed by atoms with E-state index in [9.17, 15) is 0 Å². The summed E-state index contributed by atoms with van der Waals surface area (Å²) in [5.41, 5.74) is 2.28. The van der Waals surface area contributed by atoms with Crippen LogP contribution in [0.3, 0.4) is 0 Å². The van der Waals surface area contributed by atoms with Crippen molar-refractivity contribution < 1.29 is 9.47 Å². The zero-order valence-corrected chi connectivity index (χ0v) is 14.1. The van der Waals surface area contributed by atoms with Crippen molar-refractivity contribution in [2.24, 2.45) is 0 Å². The van der Waals surface area contributed by atoms with Crippen LogP contribution in [0.5, 0.6) is 11.5 Å². The second kappa shape index (κ2) is 5.82. The molecule has 2 heterocycles. The molecule has 120 valence electrons. The number of benzene rings is 2. The fourth-order valence-electron chi connectivity index (χ4n) is 3.70. The monoisotopic (exact) mass is 329 g/mol. The quantitative estimate of drug-likeness (QED) is 0.802. The predicted molar refractivity (Wildman–Crippen MR) is 91.5 cm³/mol. The Kier molecular flexibility index (Phi) is 3.80. The molecule has 0 radical (unpaired) electrons. The second-order valence-corrected chi connectivity index (χ2v) is 7.04. The smallest absolute Gasteiger partial charge is 0.133 e. The molecule has 1 fully saturated rings. The predicted octanol–water partition coefficient (Wildman–Crippen LogP) is 4.62. The zero-order valence-electron chi connectivity index (χ0n) is 13.3. The molecule has 0 N–H and O–H groups in total. The lowest BCUT2D eigenvalue weighted by atomic mass is 9.87. The summed E-state index contributed by atoms with van der Waals surface area (Å²) >= 11 is 6.23. The van der Waals surface area contributed by atoms with Crippen molar-refractivity contribution in [2.45, 2.75) is 24.5 Å². The van der Waals surface area contributed by atoms with E-state index >= 15 is 0 Å². The van der Waals surface area contributed by atoms with Crippen LogP contribution < -0.4 is 4.74 Å². The molecule has 0 unspecified atom stereocenters. The first-order valence-electron chi connectivity index (χ1n) is 7.98. The number of halogens is 1. The summed E-state index contributed by atoms with van der Waals surface area (Å²) in [7, 11) is 4.17. The van der Waals surface area contributed by atoms with Crippen molar-refractivity contribution in [3.05, 3.63) is 58.6 Å². The Hall–Kier alpha value is -1.55. The number of para-hydroxylation sites is 1. The molecule has 2 aliphatic rings. The van der Waals surface area contributed by atoms with Gasteiger partial charge in [-0.3, -0.25) is 0 Å². The topological polar surface area (TPSA) is 21.7 Å². The molecule has 2 aliphatic heterocycles. The molecule has 3 nitrogen and oxygen atoms in total. The molecule has 2 aromatic carbocycles. The van der Waals surface area contributed by atoms with Crippen molar-refractivity contribution >= 4 is 11.6 Å². The molecule has 2 aromatic rings. The molecular formula is C19H20ClNO2. The van der Waals surface area contributed by atoms with Gasteiger partial charge in [0.05, 0.1) is 12.2 Å². The van der Waals surface area contributed by atoms with Gasteiger partial charge in [0, 0.05) is 28.6 Å². The fourth-order valence-corrected chi connectivity index (χ4v) is 3.88. The Bertz CT molecular complexity index is 731. The van der Waals surface area contributed by atoms with Gasteiger partial charge in [-0.05, 0) is 44.8 Å². The molecule has 0 spiro atoms. The van der Waals surface area contributed by atoms with Crippen molar-refractivity contribution in [2.75, 3.05) is 20.6 Å². The first kappa shape index (κ1) is 15.0. The van der Waals surface area contributed by atoms with Gasteiger partial charge in [0.1, 0.15) is 11.5 Å². The largest absolute Gasteiger partial charge is 0.457 e. The third kappa shape index (κ3) is 2.74.